The molecule has 2 aromatic rings. The number of hydrogen-bond acceptors (Lipinski definition) is 9. The summed E-state index contributed by atoms with van der Waals surface area (Å²) in [5.74, 6) is 0.727. The number of rotatable bonds is 6. The SMILES string of the molecule is Cc1cccc(CC(=O)N[C@H]2CCO[C@H](CN3CCN(c4nonc4C)CC3)[C@H]2O)c1.O=CO. The summed E-state index contributed by atoms with van der Waals surface area (Å²) in [5.41, 5.74) is 2.90. The van der Waals surface area contributed by atoms with E-state index in [1.54, 1.807) is 0 Å². The number of aliphatic hydroxyl groups excluding tert-OH is 1. The molecule has 3 atom stereocenters. The number of nitrogens with one attached hydrogen (secondary N) is 1. The van der Waals surface area contributed by atoms with Gasteiger partial charge < -0.3 is 25.2 Å². The number of amides is 1. The van der Waals surface area contributed by atoms with Crippen molar-refractivity contribution in [1.29, 1.82) is 0 Å². The van der Waals surface area contributed by atoms with Crippen LogP contribution in [0.5, 0.6) is 0 Å². The predicted octanol–water partition coefficient (Wildman–Crippen LogP) is 0.387. The fraction of sp³-hybridized carbons (Fsp3) is 0.565. The van der Waals surface area contributed by atoms with Gasteiger partial charge >= 0.3 is 0 Å². The second-order valence-electron chi connectivity index (χ2n) is 8.59. The van der Waals surface area contributed by atoms with E-state index in [2.05, 4.69) is 25.4 Å². The lowest BCUT2D eigenvalue weighted by Crippen LogP contribution is -2.58. The number of nitrogens with zero attached hydrogens (tertiary/aromatic N) is 4. The lowest BCUT2D eigenvalue weighted by molar-refractivity contribution is -0.129. The standard InChI is InChI=1S/C22H31N5O4.CH2O2/c1-15-4-3-5-17(12-15)13-20(28)23-18-6-11-30-19(21(18)29)14-26-7-9-27(10-8-26)22-16(2)24-31-25-22;2-1-3/h3-5,12,18-19,21,29H,6-11,13-14H2,1-2H3,(H,23,28);1H,(H,2,3)/t18-,19+,21-;/m0./s1. The van der Waals surface area contributed by atoms with Crippen LogP contribution < -0.4 is 10.2 Å². The number of aromatic nitrogens is 2. The molecule has 3 N–H and O–H groups in total. The van der Waals surface area contributed by atoms with Crippen LogP contribution in [0, 0.1) is 13.8 Å². The lowest BCUT2D eigenvalue weighted by Gasteiger charge is -2.40. The van der Waals surface area contributed by atoms with E-state index in [1.165, 1.54) is 0 Å². The molecule has 0 unspecified atom stereocenters. The van der Waals surface area contributed by atoms with Crippen LogP contribution in [-0.4, -0.2) is 95.4 Å². The Hall–Kier alpha value is -3.02. The molecule has 0 radical (unpaired) electrons. The molecule has 1 aromatic heterocycles. The molecule has 186 valence electrons. The Morgan fingerprint density at radius 3 is 2.62 bits per heavy atom. The zero-order valence-corrected chi connectivity index (χ0v) is 19.6. The van der Waals surface area contributed by atoms with Crippen molar-refractivity contribution in [3.63, 3.8) is 0 Å². The van der Waals surface area contributed by atoms with Gasteiger partial charge in [-0.15, -0.1) is 0 Å². The Kier molecular flexibility index (Phi) is 9.37. The Morgan fingerprint density at radius 1 is 1.24 bits per heavy atom. The van der Waals surface area contributed by atoms with Crippen molar-refractivity contribution in [1.82, 2.24) is 20.5 Å². The summed E-state index contributed by atoms with van der Waals surface area (Å²) >= 11 is 0. The van der Waals surface area contributed by atoms with Crippen LogP contribution in [0.4, 0.5) is 5.82 Å². The first-order chi connectivity index (χ1) is 16.4. The number of carbonyl (C=O) groups is 2. The molecule has 0 saturated carbocycles. The minimum Gasteiger partial charge on any atom is -0.483 e. The van der Waals surface area contributed by atoms with E-state index in [9.17, 15) is 9.90 Å². The molecule has 2 saturated heterocycles. The summed E-state index contributed by atoms with van der Waals surface area (Å²) in [4.78, 5) is 25.3. The van der Waals surface area contributed by atoms with Crippen LogP contribution in [0.25, 0.3) is 0 Å². The maximum atomic E-state index is 12.5. The second kappa shape index (κ2) is 12.4. The number of aryl methyl sites for hydroxylation is 2. The van der Waals surface area contributed by atoms with Gasteiger partial charge in [-0.3, -0.25) is 14.5 Å². The number of piperazine rings is 1. The van der Waals surface area contributed by atoms with Crippen molar-refractivity contribution in [2.45, 2.75) is 44.9 Å². The monoisotopic (exact) mass is 475 g/mol. The molecule has 2 aliphatic heterocycles. The van der Waals surface area contributed by atoms with E-state index >= 15 is 0 Å². The summed E-state index contributed by atoms with van der Waals surface area (Å²) in [5, 5.41) is 28.6. The third kappa shape index (κ3) is 6.99. The van der Waals surface area contributed by atoms with Gasteiger partial charge in [0.1, 0.15) is 11.8 Å². The van der Waals surface area contributed by atoms with Crippen LogP contribution in [-0.2, 0) is 20.7 Å². The minimum absolute atomic E-state index is 0.0690. The van der Waals surface area contributed by atoms with Crippen molar-refractivity contribution >= 4 is 18.2 Å². The Balaban J connectivity index is 0.00000103. The van der Waals surface area contributed by atoms with Gasteiger partial charge in [0.05, 0.1) is 18.6 Å². The first-order valence-corrected chi connectivity index (χ1v) is 11.4. The third-order valence-electron chi connectivity index (χ3n) is 6.09. The summed E-state index contributed by atoms with van der Waals surface area (Å²) in [6.07, 6.45) is -0.117. The van der Waals surface area contributed by atoms with Gasteiger partial charge in [0.2, 0.25) is 5.91 Å². The van der Waals surface area contributed by atoms with E-state index in [0.29, 0.717) is 26.0 Å². The Bertz CT molecular complexity index is 930. The van der Waals surface area contributed by atoms with Gasteiger partial charge in [0, 0.05) is 39.3 Å². The molecule has 0 bridgehead atoms. The van der Waals surface area contributed by atoms with E-state index < -0.39 is 6.10 Å². The van der Waals surface area contributed by atoms with Gasteiger partial charge in [-0.1, -0.05) is 35.0 Å². The quantitative estimate of drug-likeness (QED) is 0.502. The average molecular weight is 476 g/mol. The highest BCUT2D eigenvalue weighted by Gasteiger charge is 2.35. The molecule has 34 heavy (non-hydrogen) atoms. The van der Waals surface area contributed by atoms with Crippen molar-refractivity contribution in [3.05, 3.63) is 41.1 Å². The molecule has 1 amide bonds. The summed E-state index contributed by atoms with van der Waals surface area (Å²) in [6, 6.07) is 7.64. The first kappa shape index (κ1) is 25.6. The second-order valence-corrected chi connectivity index (χ2v) is 8.59. The topological polar surface area (TPSA) is 141 Å². The lowest BCUT2D eigenvalue weighted by atomic mass is 9.98. The largest absolute Gasteiger partial charge is 0.483 e. The number of hydrogen-bond donors (Lipinski definition) is 3. The van der Waals surface area contributed by atoms with Gasteiger partial charge in [-0.25, -0.2) is 4.63 Å². The number of carboxylic acid groups (broad SMARTS) is 1. The van der Waals surface area contributed by atoms with E-state index in [4.69, 9.17) is 19.3 Å². The normalized spacial score (nSPS) is 23.0. The van der Waals surface area contributed by atoms with Crippen LogP contribution in [0.3, 0.4) is 0 Å². The smallest absolute Gasteiger partial charge is 0.290 e. The van der Waals surface area contributed by atoms with Crippen molar-refractivity contribution in [2.24, 2.45) is 0 Å². The molecular formula is C23H33N5O6. The molecule has 3 heterocycles. The van der Waals surface area contributed by atoms with Gasteiger partial charge in [0.25, 0.3) is 6.47 Å². The molecule has 2 aliphatic rings. The van der Waals surface area contributed by atoms with E-state index in [-0.39, 0.29) is 24.5 Å². The highest BCUT2D eigenvalue weighted by molar-refractivity contribution is 5.79. The highest BCUT2D eigenvalue weighted by atomic mass is 16.6. The summed E-state index contributed by atoms with van der Waals surface area (Å²) in [7, 11) is 0. The van der Waals surface area contributed by atoms with Gasteiger partial charge in [-0.05, 0) is 31.0 Å². The maximum absolute atomic E-state index is 12.5. The fourth-order valence-corrected chi connectivity index (χ4v) is 4.37. The van der Waals surface area contributed by atoms with Crippen molar-refractivity contribution < 1.29 is 29.2 Å². The van der Waals surface area contributed by atoms with E-state index in [1.807, 2.05) is 38.1 Å². The predicted molar refractivity (Wildman–Crippen MR) is 124 cm³/mol. The van der Waals surface area contributed by atoms with Crippen LogP contribution in [0.2, 0.25) is 0 Å². The molecule has 0 spiro atoms. The van der Waals surface area contributed by atoms with Crippen LogP contribution in [0.15, 0.2) is 28.9 Å². The van der Waals surface area contributed by atoms with Gasteiger partial charge in [-0.2, -0.15) is 0 Å². The molecule has 4 rings (SSSR count). The first-order valence-electron chi connectivity index (χ1n) is 11.4. The summed E-state index contributed by atoms with van der Waals surface area (Å²) < 4.78 is 10.7. The number of ether oxygens (including phenoxy) is 1. The molecule has 1 aromatic carbocycles. The fourth-order valence-electron chi connectivity index (χ4n) is 4.37. The Morgan fingerprint density at radius 2 is 1.97 bits per heavy atom. The zero-order valence-electron chi connectivity index (χ0n) is 19.6. The number of carbonyl (C=O) groups excluding carboxylic acids is 1. The third-order valence-corrected chi connectivity index (χ3v) is 6.09. The molecule has 11 heteroatoms. The molecule has 0 aliphatic carbocycles. The minimum atomic E-state index is -0.727. The summed E-state index contributed by atoms with van der Waals surface area (Å²) in [6.45, 7) is 8.11. The number of aliphatic hydroxyl groups is 1. The van der Waals surface area contributed by atoms with Crippen molar-refractivity contribution in [2.75, 3.05) is 44.2 Å². The van der Waals surface area contributed by atoms with Gasteiger partial charge in [0.15, 0.2) is 5.82 Å². The Labute approximate surface area is 198 Å². The molecule has 2 fully saturated rings. The number of benzene rings is 1. The van der Waals surface area contributed by atoms with Crippen molar-refractivity contribution in [3.8, 4) is 0 Å². The highest BCUT2D eigenvalue weighted by Crippen LogP contribution is 2.20. The average Bonchev–Trinajstić information content (AvgIpc) is 3.23. The van der Waals surface area contributed by atoms with E-state index in [0.717, 1.165) is 48.8 Å². The molecular weight excluding hydrogens is 442 g/mol. The zero-order chi connectivity index (χ0) is 24.5. The maximum Gasteiger partial charge on any atom is 0.290 e. The molecule has 11 nitrogen and oxygen atoms in total. The van der Waals surface area contributed by atoms with Crippen LogP contribution in [0.1, 0.15) is 23.2 Å². The number of anilines is 1. The van der Waals surface area contributed by atoms with Crippen LogP contribution >= 0.6 is 0 Å².